The molecule has 0 spiro atoms. The maximum absolute atomic E-state index is 6.29. The first-order chi connectivity index (χ1) is 8.70. The highest BCUT2D eigenvalue weighted by Gasteiger charge is 2.22. The van der Waals surface area contributed by atoms with Gasteiger partial charge in [-0.1, -0.05) is 46.4 Å². The summed E-state index contributed by atoms with van der Waals surface area (Å²) in [6, 6.07) is 6.80. The first kappa shape index (κ1) is 14.6. The third kappa shape index (κ3) is 3.86. The van der Waals surface area contributed by atoms with Crippen molar-refractivity contribution in [1.82, 2.24) is 4.90 Å². The SMILES string of the molecule is ClCCN(Cc1ccc(Br)cc1Cl)C1CCCC1. The second-order valence-corrected chi connectivity index (χ2v) is 6.53. The highest BCUT2D eigenvalue weighted by molar-refractivity contribution is 9.10. The highest BCUT2D eigenvalue weighted by atomic mass is 79.9. The topological polar surface area (TPSA) is 3.24 Å². The van der Waals surface area contributed by atoms with Gasteiger partial charge in [-0.25, -0.2) is 0 Å². The zero-order valence-electron chi connectivity index (χ0n) is 10.3. The van der Waals surface area contributed by atoms with Crippen LogP contribution in [-0.4, -0.2) is 23.4 Å². The van der Waals surface area contributed by atoms with E-state index in [1.807, 2.05) is 6.07 Å². The number of nitrogens with zero attached hydrogens (tertiary/aromatic N) is 1. The van der Waals surface area contributed by atoms with Gasteiger partial charge in [0.1, 0.15) is 0 Å². The zero-order valence-corrected chi connectivity index (χ0v) is 13.4. The Kier molecular flexibility index (Phi) is 5.81. The van der Waals surface area contributed by atoms with Crippen LogP contribution in [0.2, 0.25) is 5.02 Å². The molecule has 0 amide bonds. The lowest BCUT2D eigenvalue weighted by atomic mass is 10.1. The molecule has 0 bridgehead atoms. The molecule has 0 radical (unpaired) electrons. The molecule has 1 aliphatic rings. The molecule has 2 rings (SSSR count). The summed E-state index contributed by atoms with van der Waals surface area (Å²) in [6.45, 7) is 1.85. The fourth-order valence-corrected chi connectivity index (χ4v) is 3.59. The summed E-state index contributed by atoms with van der Waals surface area (Å²) in [5, 5.41) is 0.835. The number of benzene rings is 1. The van der Waals surface area contributed by atoms with E-state index in [2.05, 4.69) is 33.0 Å². The predicted octanol–water partition coefficient (Wildman–Crippen LogP) is 5.09. The van der Waals surface area contributed by atoms with Crippen LogP contribution in [0.5, 0.6) is 0 Å². The molecule has 1 fully saturated rings. The first-order valence-corrected chi connectivity index (χ1v) is 8.15. The van der Waals surface area contributed by atoms with E-state index in [-0.39, 0.29) is 0 Å². The van der Waals surface area contributed by atoms with E-state index < -0.39 is 0 Å². The van der Waals surface area contributed by atoms with Gasteiger partial charge in [-0.3, -0.25) is 4.90 Å². The van der Waals surface area contributed by atoms with Crippen LogP contribution in [0.25, 0.3) is 0 Å². The molecule has 4 heteroatoms. The van der Waals surface area contributed by atoms with Crippen molar-refractivity contribution in [1.29, 1.82) is 0 Å². The molecule has 1 aromatic carbocycles. The summed E-state index contributed by atoms with van der Waals surface area (Å²) >= 11 is 15.7. The van der Waals surface area contributed by atoms with Crippen LogP contribution in [-0.2, 0) is 6.54 Å². The minimum atomic E-state index is 0.684. The van der Waals surface area contributed by atoms with Gasteiger partial charge in [-0.05, 0) is 30.5 Å². The van der Waals surface area contributed by atoms with E-state index >= 15 is 0 Å². The van der Waals surface area contributed by atoms with Gasteiger partial charge in [-0.2, -0.15) is 0 Å². The van der Waals surface area contributed by atoms with E-state index in [0.717, 1.165) is 22.6 Å². The molecular weight excluding hydrogens is 333 g/mol. The van der Waals surface area contributed by atoms with Crippen molar-refractivity contribution < 1.29 is 0 Å². The normalized spacial score (nSPS) is 16.7. The van der Waals surface area contributed by atoms with E-state index in [9.17, 15) is 0 Å². The molecule has 1 saturated carbocycles. The van der Waals surface area contributed by atoms with Gasteiger partial charge in [0.05, 0.1) is 0 Å². The Hall–Kier alpha value is 0.240. The Bertz CT molecular complexity index is 391. The van der Waals surface area contributed by atoms with E-state index in [1.54, 1.807) is 0 Å². The summed E-state index contributed by atoms with van der Waals surface area (Å²) in [6.07, 6.45) is 5.28. The number of halogens is 3. The Morgan fingerprint density at radius 1 is 1.28 bits per heavy atom. The predicted molar refractivity (Wildman–Crippen MR) is 82.5 cm³/mol. The second-order valence-electron chi connectivity index (χ2n) is 4.83. The maximum atomic E-state index is 6.29. The molecule has 0 unspecified atom stereocenters. The zero-order chi connectivity index (χ0) is 13.0. The fraction of sp³-hybridized carbons (Fsp3) is 0.571. The van der Waals surface area contributed by atoms with Gasteiger partial charge in [0, 0.05) is 34.5 Å². The van der Waals surface area contributed by atoms with Crippen LogP contribution in [0.4, 0.5) is 0 Å². The summed E-state index contributed by atoms with van der Waals surface area (Å²) in [5.74, 6) is 0.685. The average Bonchev–Trinajstić information content (AvgIpc) is 2.85. The Morgan fingerprint density at radius 3 is 2.61 bits per heavy atom. The number of hydrogen-bond acceptors (Lipinski definition) is 1. The highest BCUT2D eigenvalue weighted by Crippen LogP contribution is 2.28. The second kappa shape index (κ2) is 7.14. The van der Waals surface area contributed by atoms with Gasteiger partial charge < -0.3 is 0 Å². The summed E-state index contributed by atoms with van der Waals surface area (Å²) in [4.78, 5) is 2.48. The standard InChI is InChI=1S/C14H18BrCl2N/c15-12-6-5-11(14(17)9-12)10-18(8-7-16)13-3-1-2-4-13/h5-6,9,13H,1-4,7-8,10H2. The molecule has 0 N–H and O–H groups in total. The molecule has 1 aliphatic carbocycles. The molecule has 0 aliphatic heterocycles. The van der Waals surface area contributed by atoms with E-state index in [0.29, 0.717) is 11.9 Å². The molecule has 18 heavy (non-hydrogen) atoms. The molecule has 0 aromatic heterocycles. The third-order valence-corrected chi connectivity index (χ3v) is 4.62. The molecule has 1 aromatic rings. The molecule has 1 nitrogen and oxygen atoms in total. The van der Waals surface area contributed by atoms with Crippen LogP contribution in [0.15, 0.2) is 22.7 Å². The van der Waals surface area contributed by atoms with Gasteiger partial charge >= 0.3 is 0 Å². The average molecular weight is 351 g/mol. The quantitative estimate of drug-likeness (QED) is 0.669. The monoisotopic (exact) mass is 349 g/mol. The molecule has 0 saturated heterocycles. The summed E-state index contributed by atoms with van der Waals surface area (Å²) in [5.41, 5.74) is 1.19. The fourth-order valence-electron chi connectivity index (χ4n) is 2.64. The van der Waals surface area contributed by atoms with Crippen molar-refractivity contribution in [3.63, 3.8) is 0 Å². The minimum absolute atomic E-state index is 0.684. The lowest BCUT2D eigenvalue weighted by molar-refractivity contribution is 0.201. The first-order valence-electron chi connectivity index (χ1n) is 6.44. The smallest absolute Gasteiger partial charge is 0.0462 e. The third-order valence-electron chi connectivity index (χ3n) is 3.60. The van der Waals surface area contributed by atoms with Crippen LogP contribution in [0, 0.1) is 0 Å². The van der Waals surface area contributed by atoms with Gasteiger partial charge in [0.15, 0.2) is 0 Å². The number of hydrogen-bond donors (Lipinski definition) is 0. The van der Waals surface area contributed by atoms with Crippen molar-refractivity contribution >= 4 is 39.1 Å². The van der Waals surface area contributed by atoms with Crippen LogP contribution >= 0.6 is 39.1 Å². The molecular formula is C14H18BrCl2N. The Balaban J connectivity index is 2.07. The van der Waals surface area contributed by atoms with Crippen LogP contribution < -0.4 is 0 Å². The summed E-state index contributed by atoms with van der Waals surface area (Å²) in [7, 11) is 0. The Labute approximate surface area is 128 Å². The summed E-state index contributed by atoms with van der Waals surface area (Å²) < 4.78 is 1.03. The van der Waals surface area contributed by atoms with Gasteiger partial charge in [0.2, 0.25) is 0 Å². The maximum Gasteiger partial charge on any atom is 0.0462 e. The van der Waals surface area contributed by atoms with Crippen molar-refractivity contribution in [2.24, 2.45) is 0 Å². The van der Waals surface area contributed by atoms with Crippen molar-refractivity contribution in [3.8, 4) is 0 Å². The molecule has 0 atom stereocenters. The molecule has 0 heterocycles. The minimum Gasteiger partial charge on any atom is -0.295 e. The van der Waals surface area contributed by atoms with Crippen molar-refractivity contribution in [2.75, 3.05) is 12.4 Å². The van der Waals surface area contributed by atoms with E-state index in [4.69, 9.17) is 23.2 Å². The number of rotatable bonds is 5. The van der Waals surface area contributed by atoms with Crippen molar-refractivity contribution in [3.05, 3.63) is 33.3 Å². The number of alkyl halides is 1. The van der Waals surface area contributed by atoms with E-state index in [1.165, 1.54) is 31.2 Å². The van der Waals surface area contributed by atoms with Crippen LogP contribution in [0.3, 0.4) is 0 Å². The van der Waals surface area contributed by atoms with Crippen molar-refractivity contribution in [2.45, 2.75) is 38.3 Å². The Morgan fingerprint density at radius 2 is 2.00 bits per heavy atom. The van der Waals surface area contributed by atoms with Crippen LogP contribution in [0.1, 0.15) is 31.2 Å². The van der Waals surface area contributed by atoms with Gasteiger partial charge in [0.25, 0.3) is 0 Å². The van der Waals surface area contributed by atoms with Gasteiger partial charge in [-0.15, -0.1) is 11.6 Å². The molecule has 100 valence electrons. The lowest BCUT2D eigenvalue weighted by Crippen LogP contribution is -2.34. The largest absolute Gasteiger partial charge is 0.295 e. The lowest BCUT2D eigenvalue weighted by Gasteiger charge is -2.28.